The molecule has 0 saturated carbocycles. The minimum Gasteiger partial charge on any atom is -0.359 e. The van der Waals surface area contributed by atoms with E-state index in [-0.39, 0.29) is 12.2 Å². The molecule has 0 aromatic heterocycles. The van der Waals surface area contributed by atoms with Crippen molar-refractivity contribution in [2.24, 2.45) is 0 Å². The predicted octanol–water partition coefficient (Wildman–Crippen LogP) is 3.97. The van der Waals surface area contributed by atoms with Crippen LogP contribution in [0.5, 0.6) is 0 Å². The SMILES string of the molecule is BrC1=CC=C/C2=C/C3C=CC=CC(/C=C/1C2)O3. The van der Waals surface area contributed by atoms with Crippen molar-refractivity contribution in [3.8, 4) is 0 Å². The summed E-state index contributed by atoms with van der Waals surface area (Å²) in [7, 11) is 0. The summed E-state index contributed by atoms with van der Waals surface area (Å²) in [6.07, 6.45) is 20.1. The molecule has 2 atom stereocenters. The fourth-order valence-corrected chi connectivity index (χ4v) is 2.62. The van der Waals surface area contributed by atoms with E-state index in [1.54, 1.807) is 0 Å². The van der Waals surface area contributed by atoms with E-state index in [9.17, 15) is 0 Å². The Morgan fingerprint density at radius 3 is 2.65 bits per heavy atom. The second-order valence-corrected chi connectivity index (χ2v) is 5.17. The van der Waals surface area contributed by atoms with Crippen LogP contribution in [0.25, 0.3) is 0 Å². The zero-order valence-corrected chi connectivity index (χ0v) is 10.9. The minimum atomic E-state index is 0.0573. The molecule has 2 heteroatoms. The molecule has 0 saturated heterocycles. The number of fused-ring (bicyclic) bond motifs is 4. The third-order valence-electron chi connectivity index (χ3n) is 3.02. The highest BCUT2D eigenvalue weighted by atomic mass is 79.9. The van der Waals surface area contributed by atoms with Crippen LogP contribution in [-0.4, -0.2) is 12.2 Å². The molecule has 2 heterocycles. The van der Waals surface area contributed by atoms with E-state index in [1.807, 2.05) is 0 Å². The first-order chi connectivity index (χ1) is 8.31. The smallest absolute Gasteiger partial charge is 0.0959 e. The van der Waals surface area contributed by atoms with Crippen LogP contribution in [0.2, 0.25) is 0 Å². The molecule has 1 nitrogen and oxygen atoms in total. The zero-order chi connectivity index (χ0) is 11.7. The minimum absolute atomic E-state index is 0.0573. The molecule has 0 spiro atoms. The number of hydrogen-bond donors (Lipinski definition) is 0. The Bertz CT molecular complexity index is 503. The summed E-state index contributed by atoms with van der Waals surface area (Å²) in [5.74, 6) is 0. The first kappa shape index (κ1) is 11.0. The summed E-state index contributed by atoms with van der Waals surface area (Å²) in [5, 5.41) is 0. The number of ether oxygens (including phenoxy) is 1. The number of halogens is 1. The van der Waals surface area contributed by atoms with Crippen molar-refractivity contribution in [2.45, 2.75) is 18.6 Å². The molecular formula is C15H13BrO. The lowest BCUT2D eigenvalue weighted by molar-refractivity contribution is 0.0960. The van der Waals surface area contributed by atoms with Gasteiger partial charge in [-0.2, -0.15) is 0 Å². The lowest BCUT2D eigenvalue weighted by Crippen LogP contribution is -2.17. The summed E-state index contributed by atoms with van der Waals surface area (Å²) in [6, 6.07) is 0. The van der Waals surface area contributed by atoms with Crippen molar-refractivity contribution in [1.29, 1.82) is 0 Å². The number of allylic oxidation sites excluding steroid dienone is 8. The Morgan fingerprint density at radius 1 is 1.06 bits per heavy atom. The Hall–Kier alpha value is -1.12. The largest absolute Gasteiger partial charge is 0.359 e. The van der Waals surface area contributed by atoms with Crippen molar-refractivity contribution in [3.63, 3.8) is 0 Å². The summed E-state index contributed by atoms with van der Waals surface area (Å²) < 4.78 is 7.13. The van der Waals surface area contributed by atoms with Crippen molar-refractivity contribution < 1.29 is 4.74 Å². The van der Waals surface area contributed by atoms with Gasteiger partial charge in [0, 0.05) is 4.48 Å². The van der Waals surface area contributed by atoms with Crippen LogP contribution < -0.4 is 0 Å². The third kappa shape index (κ3) is 2.43. The van der Waals surface area contributed by atoms with E-state index in [0.717, 1.165) is 10.9 Å². The maximum absolute atomic E-state index is 5.98. The van der Waals surface area contributed by atoms with E-state index in [1.165, 1.54) is 11.1 Å². The maximum atomic E-state index is 5.98. The fourth-order valence-electron chi connectivity index (χ4n) is 2.20. The highest BCUT2D eigenvalue weighted by Crippen LogP contribution is 2.31. The standard InChI is InChI=1S/C15H13BrO/c16-15-7-3-4-11-8-12(15)10-14-6-2-1-5-13(9-11)17-14/h1-7,9-10,13-14H,8H2/b11-9-,12-10+. The van der Waals surface area contributed by atoms with Gasteiger partial charge in [-0.05, 0) is 35.8 Å². The van der Waals surface area contributed by atoms with Crippen molar-refractivity contribution in [1.82, 2.24) is 0 Å². The van der Waals surface area contributed by atoms with Gasteiger partial charge in [-0.25, -0.2) is 0 Å². The molecule has 0 fully saturated rings. The average Bonchev–Trinajstić information content (AvgIpc) is 2.60. The first-order valence-corrected chi connectivity index (χ1v) is 6.57. The van der Waals surface area contributed by atoms with Crippen LogP contribution in [0.4, 0.5) is 0 Å². The molecule has 86 valence electrons. The van der Waals surface area contributed by atoms with Crippen LogP contribution in [0.1, 0.15) is 6.42 Å². The topological polar surface area (TPSA) is 9.23 Å². The predicted molar refractivity (Wildman–Crippen MR) is 73.9 cm³/mol. The van der Waals surface area contributed by atoms with Gasteiger partial charge in [0.15, 0.2) is 0 Å². The third-order valence-corrected chi connectivity index (χ3v) is 3.80. The Kier molecular flexibility index (Phi) is 3.00. The zero-order valence-electron chi connectivity index (χ0n) is 9.34. The van der Waals surface area contributed by atoms with Gasteiger partial charge in [-0.1, -0.05) is 52.4 Å². The molecule has 1 aliphatic carbocycles. The van der Waals surface area contributed by atoms with Crippen molar-refractivity contribution in [3.05, 3.63) is 70.3 Å². The van der Waals surface area contributed by atoms with Gasteiger partial charge in [0.1, 0.15) is 0 Å². The summed E-state index contributed by atoms with van der Waals surface area (Å²) in [4.78, 5) is 0. The van der Waals surface area contributed by atoms with Gasteiger partial charge in [0.25, 0.3) is 0 Å². The fraction of sp³-hybridized carbons (Fsp3) is 0.200. The quantitative estimate of drug-likeness (QED) is 0.655. The van der Waals surface area contributed by atoms with Crippen molar-refractivity contribution in [2.75, 3.05) is 0 Å². The molecule has 0 aromatic rings. The Balaban J connectivity index is 2.07. The van der Waals surface area contributed by atoms with E-state index < -0.39 is 0 Å². The molecule has 0 aromatic carbocycles. The normalized spacial score (nSPS) is 36.6. The van der Waals surface area contributed by atoms with Gasteiger partial charge >= 0.3 is 0 Å². The summed E-state index contributed by atoms with van der Waals surface area (Å²) in [5.41, 5.74) is 2.59. The number of hydrogen-bond acceptors (Lipinski definition) is 1. The van der Waals surface area contributed by atoms with Crippen LogP contribution in [0.3, 0.4) is 0 Å². The molecule has 2 aliphatic heterocycles. The van der Waals surface area contributed by atoms with E-state index >= 15 is 0 Å². The molecule has 17 heavy (non-hydrogen) atoms. The van der Waals surface area contributed by atoms with Crippen LogP contribution in [0.15, 0.2) is 70.3 Å². The molecule has 2 unspecified atom stereocenters. The lowest BCUT2D eigenvalue weighted by atomic mass is 10.0. The van der Waals surface area contributed by atoms with Gasteiger partial charge in [0.2, 0.25) is 0 Å². The average molecular weight is 289 g/mol. The lowest BCUT2D eigenvalue weighted by Gasteiger charge is -2.20. The van der Waals surface area contributed by atoms with Crippen LogP contribution in [0, 0.1) is 0 Å². The Morgan fingerprint density at radius 2 is 1.82 bits per heavy atom. The van der Waals surface area contributed by atoms with Crippen LogP contribution >= 0.6 is 15.9 Å². The van der Waals surface area contributed by atoms with Gasteiger partial charge < -0.3 is 4.74 Å². The van der Waals surface area contributed by atoms with Gasteiger partial charge in [0.05, 0.1) is 12.2 Å². The second-order valence-electron chi connectivity index (χ2n) is 4.32. The molecule has 0 N–H and O–H groups in total. The maximum Gasteiger partial charge on any atom is 0.0959 e. The van der Waals surface area contributed by atoms with E-state index in [2.05, 4.69) is 70.6 Å². The number of rotatable bonds is 0. The Labute approximate surface area is 110 Å². The molecule has 3 rings (SSSR count). The van der Waals surface area contributed by atoms with Crippen molar-refractivity contribution >= 4 is 15.9 Å². The monoisotopic (exact) mass is 288 g/mol. The van der Waals surface area contributed by atoms with Gasteiger partial charge in [-0.15, -0.1) is 0 Å². The highest BCUT2D eigenvalue weighted by molar-refractivity contribution is 9.12. The highest BCUT2D eigenvalue weighted by Gasteiger charge is 2.18. The summed E-state index contributed by atoms with van der Waals surface area (Å²) >= 11 is 3.61. The molecule has 0 radical (unpaired) electrons. The van der Waals surface area contributed by atoms with E-state index in [0.29, 0.717) is 0 Å². The molecule has 3 aliphatic rings. The second kappa shape index (κ2) is 4.63. The molecular weight excluding hydrogens is 276 g/mol. The van der Waals surface area contributed by atoms with Crippen LogP contribution in [-0.2, 0) is 4.74 Å². The van der Waals surface area contributed by atoms with E-state index in [4.69, 9.17) is 4.74 Å². The first-order valence-electron chi connectivity index (χ1n) is 5.77. The molecule has 0 amide bonds. The summed E-state index contributed by atoms with van der Waals surface area (Å²) in [6.45, 7) is 0. The molecule has 4 bridgehead atoms. The van der Waals surface area contributed by atoms with Gasteiger partial charge in [-0.3, -0.25) is 0 Å².